The van der Waals surface area contributed by atoms with Crippen LogP contribution in [0.4, 0.5) is 4.79 Å². The fourth-order valence-corrected chi connectivity index (χ4v) is 7.58. The van der Waals surface area contributed by atoms with Gasteiger partial charge in [0.2, 0.25) is 17.7 Å². The first kappa shape index (κ1) is 36.8. The predicted molar refractivity (Wildman–Crippen MR) is 205 cm³/mol. The van der Waals surface area contributed by atoms with Gasteiger partial charge in [-0.2, -0.15) is 0 Å². The zero-order valence-corrected chi connectivity index (χ0v) is 30.8. The number of carboxylic acid groups (broad SMARTS) is 1. The minimum Gasteiger partial charge on any atom is -0.481 e. The molecule has 2 saturated heterocycles. The summed E-state index contributed by atoms with van der Waals surface area (Å²) in [6.45, 7) is 1.16. The summed E-state index contributed by atoms with van der Waals surface area (Å²) in [5.41, 5.74) is 5.13. The zero-order chi connectivity index (χ0) is 37.9. The van der Waals surface area contributed by atoms with Crippen LogP contribution in [-0.2, 0) is 22.7 Å². The number of carbonyl (C=O) groups is 3. The van der Waals surface area contributed by atoms with E-state index in [1.54, 1.807) is 25.4 Å². The van der Waals surface area contributed by atoms with Crippen molar-refractivity contribution in [3.8, 4) is 39.4 Å². The Morgan fingerprint density at radius 1 is 0.907 bits per heavy atom. The minimum atomic E-state index is -1.17. The molecule has 2 fully saturated rings. The number of hydrogen-bond donors (Lipinski definition) is 4. The highest BCUT2D eigenvalue weighted by Gasteiger charge is 2.26. The molecule has 0 saturated carbocycles. The summed E-state index contributed by atoms with van der Waals surface area (Å²) in [6, 6.07) is 19.7. The van der Waals surface area contributed by atoms with Crippen molar-refractivity contribution in [1.29, 1.82) is 0 Å². The summed E-state index contributed by atoms with van der Waals surface area (Å²) in [5, 5.41) is 19.8. The Balaban J connectivity index is 1.12. The van der Waals surface area contributed by atoms with Crippen molar-refractivity contribution in [2.24, 2.45) is 0 Å². The maximum atomic E-state index is 13.3. The number of aromatic nitrogens is 3. The number of hydrogen-bond acceptors (Lipinski definition) is 8. The number of rotatable bonds is 12. The van der Waals surface area contributed by atoms with Crippen molar-refractivity contribution in [3.05, 3.63) is 105 Å². The summed E-state index contributed by atoms with van der Waals surface area (Å²) >= 11 is 14.2. The molecular formula is C39H37Cl2N7O6. The van der Waals surface area contributed by atoms with E-state index < -0.39 is 6.09 Å². The SMILES string of the molecule is COc1nc(-c2cccc(-c3cccc(-c4ccc5nc(CN(C[C@@H]6CCC(=O)N6)C(=O)O)cc(=O)n5c4)c3Cl)c2Cl)ccc1CNC[C@@H]1CCC(=O)N1. The quantitative estimate of drug-likeness (QED) is 0.128. The van der Waals surface area contributed by atoms with E-state index in [4.69, 9.17) is 32.9 Å². The first-order chi connectivity index (χ1) is 26.1. The molecule has 2 aromatic carbocycles. The highest BCUT2D eigenvalue weighted by molar-refractivity contribution is 6.39. The van der Waals surface area contributed by atoms with E-state index in [1.165, 1.54) is 10.5 Å². The molecular weight excluding hydrogens is 733 g/mol. The molecule has 2 aliphatic rings. The number of halogens is 2. The number of nitrogens with one attached hydrogen (secondary N) is 3. The number of amides is 3. The van der Waals surface area contributed by atoms with E-state index in [9.17, 15) is 24.3 Å². The maximum absolute atomic E-state index is 13.3. The third-order valence-corrected chi connectivity index (χ3v) is 10.5. The first-order valence-corrected chi connectivity index (χ1v) is 18.2. The van der Waals surface area contributed by atoms with Gasteiger partial charge in [-0.05, 0) is 31.0 Å². The second kappa shape index (κ2) is 15.8. The third kappa shape index (κ3) is 7.88. The van der Waals surface area contributed by atoms with Gasteiger partial charge in [-0.1, -0.05) is 65.7 Å². The largest absolute Gasteiger partial charge is 0.481 e. The maximum Gasteiger partial charge on any atom is 0.407 e. The minimum absolute atomic E-state index is 0.0776. The molecule has 0 radical (unpaired) electrons. The van der Waals surface area contributed by atoms with E-state index >= 15 is 0 Å². The highest BCUT2D eigenvalue weighted by Crippen LogP contribution is 2.42. The lowest BCUT2D eigenvalue weighted by molar-refractivity contribution is -0.120. The van der Waals surface area contributed by atoms with E-state index in [1.807, 2.05) is 48.5 Å². The van der Waals surface area contributed by atoms with Crippen molar-refractivity contribution < 1.29 is 24.2 Å². The van der Waals surface area contributed by atoms with Gasteiger partial charge in [0.15, 0.2) is 0 Å². The van der Waals surface area contributed by atoms with Crippen molar-refractivity contribution in [1.82, 2.24) is 35.2 Å². The van der Waals surface area contributed by atoms with E-state index in [2.05, 4.69) is 20.9 Å². The van der Waals surface area contributed by atoms with Crippen LogP contribution in [0.25, 0.3) is 39.2 Å². The third-order valence-electron chi connectivity index (χ3n) is 9.66. The lowest BCUT2D eigenvalue weighted by Crippen LogP contribution is -2.41. The van der Waals surface area contributed by atoms with E-state index in [0.717, 1.165) is 16.9 Å². The van der Waals surface area contributed by atoms with Crippen LogP contribution in [0.3, 0.4) is 0 Å². The number of pyridine rings is 2. The highest BCUT2D eigenvalue weighted by atomic mass is 35.5. The molecule has 15 heteroatoms. The van der Waals surface area contributed by atoms with Gasteiger partial charge in [0.1, 0.15) is 5.65 Å². The Bertz CT molecular complexity index is 2330. The van der Waals surface area contributed by atoms with Gasteiger partial charge in [0, 0.05) is 90.2 Å². The molecule has 54 heavy (non-hydrogen) atoms. The number of nitrogens with zero attached hydrogens (tertiary/aromatic N) is 4. The van der Waals surface area contributed by atoms with Crippen LogP contribution in [0.1, 0.15) is 36.9 Å². The summed E-state index contributed by atoms with van der Waals surface area (Å²) in [7, 11) is 1.57. The van der Waals surface area contributed by atoms with Gasteiger partial charge < -0.3 is 30.7 Å². The lowest BCUT2D eigenvalue weighted by Gasteiger charge is -2.22. The van der Waals surface area contributed by atoms with Crippen LogP contribution in [-0.4, -0.2) is 74.6 Å². The Morgan fingerprint density at radius 2 is 1.57 bits per heavy atom. The zero-order valence-electron chi connectivity index (χ0n) is 29.3. The van der Waals surface area contributed by atoms with Crippen LogP contribution in [0, 0.1) is 0 Å². The monoisotopic (exact) mass is 769 g/mol. The molecule has 4 N–H and O–H groups in total. The van der Waals surface area contributed by atoms with Gasteiger partial charge in [-0.25, -0.2) is 14.8 Å². The first-order valence-electron chi connectivity index (χ1n) is 17.5. The number of carbonyl (C=O) groups excluding carboxylic acids is 2. The summed E-state index contributed by atoms with van der Waals surface area (Å²) in [4.78, 5) is 58.9. The molecule has 7 rings (SSSR count). The summed E-state index contributed by atoms with van der Waals surface area (Å²) < 4.78 is 7.02. The molecule has 3 amide bonds. The molecule has 3 aromatic heterocycles. The van der Waals surface area contributed by atoms with Crippen LogP contribution in [0.5, 0.6) is 5.88 Å². The van der Waals surface area contributed by atoms with Crippen molar-refractivity contribution in [2.75, 3.05) is 20.2 Å². The number of fused-ring (bicyclic) bond motifs is 1. The molecule has 0 spiro atoms. The molecule has 0 unspecified atom stereocenters. The standard InChI is InChI=1S/C39H37Cl2N7O6/c1-54-38-22(17-42-18-24-10-14-33(49)44-24)8-12-31(46-38)30-7-3-6-29(37(30)41)28-5-2-4-27(36(28)40)23-9-13-32-43-26(16-35(51)48(32)19-23)21-47(39(52)53)20-25-11-15-34(50)45-25/h2-9,12-13,16,19,24-25,42H,10-11,14-15,17-18,20-21H2,1H3,(H,44,49)(H,45,50)(H,52,53)/t24-,25-/m0/s1. The lowest BCUT2D eigenvalue weighted by atomic mass is 9.97. The van der Waals surface area contributed by atoms with Crippen LogP contribution >= 0.6 is 23.2 Å². The van der Waals surface area contributed by atoms with Gasteiger partial charge in [-0.3, -0.25) is 18.8 Å². The van der Waals surface area contributed by atoms with Gasteiger partial charge in [0.05, 0.1) is 35.1 Å². The molecule has 5 heterocycles. The normalized spacial score (nSPS) is 16.7. The van der Waals surface area contributed by atoms with Gasteiger partial charge in [-0.15, -0.1) is 0 Å². The van der Waals surface area contributed by atoms with E-state index in [0.29, 0.717) is 93.1 Å². The molecule has 278 valence electrons. The summed E-state index contributed by atoms with van der Waals surface area (Å²) in [5.74, 6) is 0.431. The number of benzene rings is 2. The number of methoxy groups -OCH3 is 1. The summed E-state index contributed by atoms with van der Waals surface area (Å²) in [6.07, 6.45) is 2.74. The molecule has 2 aliphatic heterocycles. The molecule has 2 atom stereocenters. The second-order valence-corrected chi connectivity index (χ2v) is 14.1. The average Bonchev–Trinajstić information content (AvgIpc) is 3.78. The van der Waals surface area contributed by atoms with Crippen LogP contribution in [0.2, 0.25) is 10.0 Å². The predicted octanol–water partition coefficient (Wildman–Crippen LogP) is 5.53. The fraction of sp³-hybridized carbons (Fsp3) is 0.282. The molecule has 0 bridgehead atoms. The topological polar surface area (TPSA) is 167 Å². The van der Waals surface area contributed by atoms with Gasteiger partial charge >= 0.3 is 6.09 Å². The smallest absolute Gasteiger partial charge is 0.407 e. The Hall–Kier alpha value is -5.50. The Morgan fingerprint density at radius 3 is 2.24 bits per heavy atom. The van der Waals surface area contributed by atoms with E-state index in [-0.39, 0.29) is 42.5 Å². The molecule has 0 aliphatic carbocycles. The fourth-order valence-electron chi connectivity index (χ4n) is 6.92. The van der Waals surface area contributed by atoms with Crippen molar-refractivity contribution >= 4 is 46.8 Å². The molecule has 5 aromatic rings. The van der Waals surface area contributed by atoms with Gasteiger partial charge in [0.25, 0.3) is 5.56 Å². The Kier molecular flexibility index (Phi) is 10.8. The second-order valence-electron chi connectivity index (χ2n) is 13.3. The van der Waals surface area contributed by atoms with Crippen LogP contribution in [0.15, 0.2) is 77.7 Å². The average molecular weight is 771 g/mol. The van der Waals surface area contributed by atoms with Crippen molar-refractivity contribution in [2.45, 2.75) is 50.9 Å². The molecule has 13 nitrogen and oxygen atoms in total. The van der Waals surface area contributed by atoms with Crippen LogP contribution < -0.4 is 26.2 Å². The number of ether oxygens (including phenoxy) is 1. The Labute approximate surface area is 320 Å². The van der Waals surface area contributed by atoms with Crippen molar-refractivity contribution in [3.63, 3.8) is 0 Å².